The summed E-state index contributed by atoms with van der Waals surface area (Å²) in [4.78, 5) is 6.92. The van der Waals surface area contributed by atoms with E-state index in [1.54, 1.807) is 0 Å². The number of benzene rings is 1. The number of hydrogen-bond acceptors (Lipinski definition) is 4. The average molecular weight is 368 g/mol. The molecule has 7 nitrogen and oxygen atoms in total. The first kappa shape index (κ1) is 18.0. The second kappa shape index (κ2) is 8.52. The molecule has 0 bridgehead atoms. The molecule has 144 valence electrons. The second-order valence-corrected chi connectivity index (χ2v) is 7.39. The summed E-state index contributed by atoms with van der Waals surface area (Å²) in [6, 6.07) is 11.2. The van der Waals surface area contributed by atoms with Crippen LogP contribution in [0.3, 0.4) is 0 Å². The van der Waals surface area contributed by atoms with Crippen molar-refractivity contribution in [2.24, 2.45) is 4.99 Å². The van der Waals surface area contributed by atoms with Gasteiger partial charge in [0.2, 0.25) is 0 Å². The van der Waals surface area contributed by atoms with E-state index in [1.165, 1.54) is 12.0 Å². The molecule has 0 amide bonds. The topological polar surface area (TPSA) is 70.4 Å². The predicted octanol–water partition coefficient (Wildman–Crippen LogP) is 1.55. The van der Waals surface area contributed by atoms with E-state index < -0.39 is 0 Å². The molecule has 2 aromatic rings. The molecule has 4 rings (SSSR count). The molecule has 0 unspecified atom stereocenters. The van der Waals surface area contributed by atoms with Gasteiger partial charge in [0.25, 0.3) is 0 Å². The Bertz CT molecular complexity index is 760. The van der Waals surface area contributed by atoms with Crippen LogP contribution < -0.4 is 10.6 Å². The predicted molar refractivity (Wildman–Crippen MR) is 106 cm³/mol. The Kier molecular flexibility index (Phi) is 5.67. The molecule has 2 aliphatic heterocycles. The second-order valence-electron chi connectivity index (χ2n) is 7.39. The van der Waals surface area contributed by atoms with Gasteiger partial charge in [0.1, 0.15) is 5.82 Å². The fourth-order valence-electron chi connectivity index (χ4n) is 3.97. The van der Waals surface area contributed by atoms with Gasteiger partial charge in [-0.15, -0.1) is 10.2 Å². The minimum atomic E-state index is 0.465. The lowest BCUT2D eigenvalue weighted by atomic mass is 10.0. The van der Waals surface area contributed by atoms with Gasteiger partial charge in [-0.3, -0.25) is 9.89 Å². The Morgan fingerprint density at radius 3 is 2.74 bits per heavy atom. The number of likely N-dealkylation sites (tertiary alicyclic amines) is 1. The van der Waals surface area contributed by atoms with Crippen LogP contribution in [0.2, 0.25) is 0 Å². The lowest BCUT2D eigenvalue weighted by Crippen LogP contribution is -2.48. The van der Waals surface area contributed by atoms with Crippen molar-refractivity contribution in [2.75, 3.05) is 20.1 Å². The number of fused-ring (bicyclic) bond motifs is 1. The summed E-state index contributed by atoms with van der Waals surface area (Å²) in [5.74, 6) is 2.97. The highest BCUT2D eigenvalue weighted by atomic mass is 15.3. The van der Waals surface area contributed by atoms with Crippen molar-refractivity contribution in [1.82, 2.24) is 30.3 Å². The highest BCUT2D eigenvalue weighted by Crippen LogP contribution is 2.15. The maximum absolute atomic E-state index is 4.39. The first-order valence-corrected chi connectivity index (χ1v) is 9.96. The zero-order chi connectivity index (χ0) is 18.5. The monoisotopic (exact) mass is 367 g/mol. The molecular weight excluding hydrogens is 338 g/mol. The molecule has 2 aliphatic rings. The molecule has 1 aromatic heterocycles. The summed E-state index contributed by atoms with van der Waals surface area (Å²) >= 11 is 0. The number of piperidine rings is 1. The van der Waals surface area contributed by atoms with E-state index >= 15 is 0 Å². The largest absolute Gasteiger partial charge is 0.354 e. The molecule has 0 radical (unpaired) electrons. The summed E-state index contributed by atoms with van der Waals surface area (Å²) in [6.45, 7) is 4.96. The number of guanidine groups is 1. The van der Waals surface area contributed by atoms with Crippen LogP contribution in [0.1, 0.15) is 36.5 Å². The maximum Gasteiger partial charge on any atom is 0.191 e. The molecule has 7 heteroatoms. The van der Waals surface area contributed by atoms with E-state index in [4.69, 9.17) is 0 Å². The van der Waals surface area contributed by atoms with E-state index in [9.17, 15) is 0 Å². The number of nitrogens with one attached hydrogen (secondary N) is 2. The first-order valence-electron chi connectivity index (χ1n) is 9.96. The van der Waals surface area contributed by atoms with Crippen LogP contribution in [0, 0.1) is 0 Å². The smallest absolute Gasteiger partial charge is 0.191 e. The Morgan fingerprint density at radius 2 is 1.96 bits per heavy atom. The van der Waals surface area contributed by atoms with Crippen molar-refractivity contribution in [2.45, 2.75) is 51.4 Å². The quantitative estimate of drug-likeness (QED) is 0.620. The van der Waals surface area contributed by atoms with Gasteiger partial charge in [-0.25, -0.2) is 0 Å². The number of aryl methyl sites for hydroxylation is 1. The molecule has 1 aromatic carbocycles. The number of aliphatic imine (C=N–C) groups is 1. The van der Waals surface area contributed by atoms with Crippen LogP contribution in [0.15, 0.2) is 35.3 Å². The van der Waals surface area contributed by atoms with E-state index in [1.807, 2.05) is 7.05 Å². The number of hydrogen-bond donors (Lipinski definition) is 2. The van der Waals surface area contributed by atoms with Crippen molar-refractivity contribution in [1.29, 1.82) is 0 Å². The molecule has 0 saturated carbocycles. The first-order chi connectivity index (χ1) is 13.3. The zero-order valence-electron chi connectivity index (χ0n) is 16.1. The van der Waals surface area contributed by atoms with E-state index in [0.717, 1.165) is 63.0 Å². The van der Waals surface area contributed by atoms with Crippen molar-refractivity contribution in [3.05, 3.63) is 47.5 Å². The molecule has 0 atom stereocenters. The SMILES string of the molecule is CN=C(NCc1nnc2n1CCC2)NC1CCN(Cc2ccccc2)CC1. The van der Waals surface area contributed by atoms with Crippen LogP contribution in [0.4, 0.5) is 0 Å². The molecule has 3 heterocycles. The summed E-state index contributed by atoms with van der Waals surface area (Å²) in [5.41, 5.74) is 1.39. The average Bonchev–Trinajstić information content (AvgIpc) is 3.32. The van der Waals surface area contributed by atoms with Gasteiger partial charge in [-0.05, 0) is 24.8 Å². The Balaban J connectivity index is 1.22. The normalized spacial score (nSPS) is 18.5. The Morgan fingerprint density at radius 1 is 1.15 bits per heavy atom. The molecule has 1 fully saturated rings. The third kappa shape index (κ3) is 4.47. The highest BCUT2D eigenvalue weighted by Gasteiger charge is 2.21. The van der Waals surface area contributed by atoms with Gasteiger partial charge in [0.15, 0.2) is 11.8 Å². The van der Waals surface area contributed by atoms with Gasteiger partial charge in [-0.2, -0.15) is 0 Å². The van der Waals surface area contributed by atoms with Crippen LogP contribution >= 0.6 is 0 Å². The summed E-state index contributed by atoms with van der Waals surface area (Å²) < 4.78 is 2.22. The van der Waals surface area contributed by atoms with Crippen LogP contribution in [0.25, 0.3) is 0 Å². The zero-order valence-corrected chi connectivity index (χ0v) is 16.1. The van der Waals surface area contributed by atoms with Crippen molar-refractivity contribution < 1.29 is 0 Å². The third-order valence-electron chi connectivity index (χ3n) is 5.50. The van der Waals surface area contributed by atoms with Crippen molar-refractivity contribution in [3.63, 3.8) is 0 Å². The molecule has 1 saturated heterocycles. The fraction of sp³-hybridized carbons (Fsp3) is 0.550. The molecular formula is C20H29N7. The van der Waals surface area contributed by atoms with Gasteiger partial charge in [0.05, 0.1) is 6.54 Å². The van der Waals surface area contributed by atoms with Crippen LogP contribution in [-0.4, -0.2) is 51.8 Å². The van der Waals surface area contributed by atoms with Gasteiger partial charge in [-0.1, -0.05) is 30.3 Å². The number of aromatic nitrogens is 3. The standard InChI is InChI=1S/C20H29N7/c1-21-20(22-14-19-25-24-18-8-5-11-27(18)19)23-17-9-12-26(13-10-17)15-16-6-3-2-4-7-16/h2-4,6-7,17H,5,8-15H2,1H3,(H2,21,22,23). The molecule has 0 spiro atoms. The maximum atomic E-state index is 4.39. The van der Waals surface area contributed by atoms with Crippen LogP contribution in [-0.2, 0) is 26.1 Å². The van der Waals surface area contributed by atoms with E-state index in [-0.39, 0.29) is 0 Å². The lowest BCUT2D eigenvalue weighted by molar-refractivity contribution is 0.198. The number of nitrogens with zero attached hydrogens (tertiary/aromatic N) is 5. The van der Waals surface area contributed by atoms with Gasteiger partial charge >= 0.3 is 0 Å². The fourth-order valence-corrected chi connectivity index (χ4v) is 3.97. The molecule has 0 aliphatic carbocycles. The lowest BCUT2D eigenvalue weighted by Gasteiger charge is -2.33. The van der Waals surface area contributed by atoms with Crippen molar-refractivity contribution >= 4 is 5.96 Å². The van der Waals surface area contributed by atoms with E-state index in [2.05, 4.69) is 65.6 Å². The van der Waals surface area contributed by atoms with Crippen LogP contribution in [0.5, 0.6) is 0 Å². The summed E-state index contributed by atoms with van der Waals surface area (Å²) in [5, 5.41) is 15.5. The minimum Gasteiger partial charge on any atom is -0.354 e. The summed E-state index contributed by atoms with van der Waals surface area (Å²) in [7, 11) is 1.83. The third-order valence-corrected chi connectivity index (χ3v) is 5.50. The molecule has 2 N–H and O–H groups in total. The number of rotatable bonds is 5. The summed E-state index contributed by atoms with van der Waals surface area (Å²) in [6.07, 6.45) is 4.48. The molecule has 27 heavy (non-hydrogen) atoms. The van der Waals surface area contributed by atoms with E-state index in [0.29, 0.717) is 12.6 Å². The van der Waals surface area contributed by atoms with Gasteiger partial charge in [0, 0.05) is 45.7 Å². The Labute approximate surface area is 160 Å². The minimum absolute atomic E-state index is 0.465. The van der Waals surface area contributed by atoms with Gasteiger partial charge < -0.3 is 15.2 Å². The highest BCUT2D eigenvalue weighted by molar-refractivity contribution is 5.79. The van der Waals surface area contributed by atoms with Crippen molar-refractivity contribution in [3.8, 4) is 0 Å². The Hall–Kier alpha value is -2.41.